The Hall–Kier alpha value is -2.88. The molecule has 33 heavy (non-hydrogen) atoms. The van der Waals surface area contributed by atoms with Crippen LogP contribution in [0.4, 0.5) is 14.5 Å². The zero-order chi connectivity index (χ0) is 24.4. The molecule has 1 atom stereocenters. The lowest BCUT2D eigenvalue weighted by Crippen LogP contribution is -2.41. The molecule has 0 bridgehead atoms. The van der Waals surface area contributed by atoms with Gasteiger partial charge in [0.15, 0.2) is 11.6 Å². The number of ether oxygens (including phenoxy) is 2. The standard InChI is InChI=1S/C23H28F2N2O5S/c1-23(2)14-20(17-9-8-16(31-3)13-21(17)32-23)26-22(28)6-5-11-27(33(4,29)30)15-7-10-18(24)19(25)12-15/h7-10,12-13,20H,5-6,11,14H2,1-4H3,(H,26,28). The van der Waals surface area contributed by atoms with Gasteiger partial charge < -0.3 is 14.8 Å². The Morgan fingerprint density at radius 2 is 1.94 bits per heavy atom. The van der Waals surface area contributed by atoms with Crippen molar-refractivity contribution in [1.29, 1.82) is 0 Å². The minimum Gasteiger partial charge on any atom is -0.497 e. The molecule has 2 aromatic carbocycles. The molecule has 3 rings (SSSR count). The molecule has 0 spiro atoms. The number of carbonyl (C=O) groups is 1. The Bertz CT molecular complexity index is 1140. The van der Waals surface area contributed by atoms with Gasteiger partial charge in [0.25, 0.3) is 0 Å². The summed E-state index contributed by atoms with van der Waals surface area (Å²) in [6, 6.07) is 8.03. The normalized spacial score (nSPS) is 17.0. The number of nitrogens with one attached hydrogen (secondary N) is 1. The second-order valence-corrected chi connectivity index (χ2v) is 10.5. The topological polar surface area (TPSA) is 84.9 Å². The summed E-state index contributed by atoms with van der Waals surface area (Å²) in [6.07, 6.45) is 1.78. The Kier molecular flexibility index (Phi) is 7.16. The molecule has 0 saturated heterocycles. The van der Waals surface area contributed by atoms with Crippen molar-refractivity contribution in [2.45, 2.75) is 44.8 Å². The first-order chi connectivity index (χ1) is 15.4. The number of amides is 1. The number of fused-ring (bicyclic) bond motifs is 1. The van der Waals surface area contributed by atoms with Gasteiger partial charge in [-0.3, -0.25) is 9.10 Å². The van der Waals surface area contributed by atoms with Crippen molar-refractivity contribution in [3.05, 3.63) is 53.6 Å². The van der Waals surface area contributed by atoms with Gasteiger partial charge in [-0.15, -0.1) is 0 Å². The van der Waals surface area contributed by atoms with Gasteiger partial charge in [-0.05, 0) is 44.5 Å². The van der Waals surface area contributed by atoms with Crippen molar-refractivity contribution >= 4 is 21.6 Å². The number of anilines is 1. The van der Waals surface area contributed by atoms with Crippen molar-refractivity contribution in [3.8, 4) is 11.5 Å². The van der Waals surface area contributed by atoms with E-state index in [0.717, 1.165) is 28.3 Å². The van der Waals surface area contributed by atoms with E-state index in [1.807, 2.05) is 19.9 Å². The van der Waals surface area contributed by atoms with E-state index in [-0.39, 0.29) is 37.0 Å². The summed E-state index contributed by atoms with van der Waals surface area (Å²) in [5.74, 6) is -1.18. The highest BCUT2D eigenvalue weighted by Crippen LogP contribution is 2.41. The largest absolute Gasteiger partial charge is 0.497 e. The van der Waals surface area contributed by atoms with E-state index in [4.69, 9.17) is 9.47 Å². The van der Waals surface area contributed by atoms with E-state index < -0.39 is 27.3 Å². The van der Waals surface area contributed by atoms with Crippen LogP contribution in [0, 0.1) is 11.6 Å². The van der Waals surface area contributed by atoms with E-state index >= 15 is 0 Å². The summed E-state index contributed by atoms with van der Waals surface area (Å²) in [4.78, 5) is 12.7. The average molecular weight is 483 g/mol. The lowest BCUT2D eigenvalue weighted by Gasteiger charge is -2.38. The van der Waals surface area contributed by atoms with Crippen molar-refractivity contribution in [3.63, 3.8) is 0 Å². The summed E-state index contributed by atoms with van der Waals surface area (Å²) in [6.45, 7) is 3.81. The molecular weight excluding hydrogens is 454 g/mol. The van der Waals surface area contributed by atoms with Gasteiger partial charge in [-0.25, -0.2) is 17.2 Å². The number of methoxy groups -OCH3 is 1. The molecule has 180 valence electrons. The third-order valence-electron chi connectivity index (χ3n) is 5.37. The molecule has 1 N–H and O–H groups in total. The van der Waals surface area contributed by atoms with Crippen LogP contribution >= 0.6 is 0 Å². The number of rotatable bonds is 8. The van der Waals surface area contributed by atoms with Crippen LogP contribution in [0.15, 0.2) is 36.4 Å². The van der Waals surface area contributed by atoms with Crippen LogP contribution in [0.2, 0.25) is 0 Å². The van der Waals surface area contributed by atoms with Crippen LogP contribution in [0.5, 0.6) is 11.5 Å². The molecule has 0 fully saturated rings. The number of nitrogens with zero attached hydrogens (tertiary/aromatic N) is 1. The summed E-state index contributed by atoms with van der Waals surface area (Å²) < 4.78 is 63.4. The number of carbonyl (C=O) groups excluding carboxylic acids is 1. The fourth-order valence-electron chi connectivity index (χ4n) is 3.86. The highest BCUT2D eigenvalue weighted by Gasteiger charge is 2.34. The number of hydrogen-bond donors (Lipinski definition) is 1. The zero-order valence-corrected chi connectivity index (χ0v) is 19.8. The maximum atomic E-state index is 13.6. The maximum absolute atomic E-state index is 13.6. The molecule has 1 aliphatic heterocycles. The molecule has 10 heteroatoms. The van der Waals surface area contributed by atoms with Gasteiger partial charge >= 0.3 is 0 Å². The van der Waals surface area contributed by atoms with Crippen LogP contribution in [0.3, 0.4) is 0 Å². The maximum Gasteiger partial charge on any atom is 0.232 e. The van der Waals surface area contributed by atoms with Crippen LogP contribution in [0.1, 0.15) is 44.7 Å². The smallest absolute Gasteiger partial charge is 0.232 e. The van der Waals surface area contributed by atoms with Gasteiger partial charge in [0.2, 0.25) is 15.9 Å². The Morgan fingerprint density at radius 3 is 2.58 bits per heavy atom. The lowest BCUT2D eigenvalue weighted by molar-refractivity contribution is -0.122. The number of hydrogen-bond acceptors (Lipinski definition) is 5. The van der Waals surface area contributed by atoms with Crippen LogP contribution in [0.25, 0.3) is 0 Å². The SMILES string of the molecule is COc1ccc2c(c1)OC(C)(C)CC2NC(=O)CCCN(c1ccc(F)c(F)c1)S(C)(=O)=O. The molecule has 1 amide bonds. The number of halogens is 2. The molecule has 0 radical (unpaired) electrons. The molecule has 0 aromatic heterocycles. The van der Waals surface area contributed by atoms with Gasteiger partial charge in [-0.2, -0.15) is 0 Å². The summed E-state index contributed by atoms with van der Waals surface area (Å²) in [5, 5.41) is 3.00. The third kappa shape index (κ3) is 6.13. The van der Waals surface area contributed by atoms with Gasteiger partial charge in [0.1, 0.15) is 17.1 Å². The van der Waals surface area contributed by atoms with Crippen LogP contribution in [-0.2, 0) is 14.8 Å². The highest BCUT2D eigenvalue weighted by molar-refractivity contribution is 7.92. The van der Waals surface area contributed by atoms with Crippen LogP contribution in [-0.4, -0.2) is 39.8 Å². The van der Waals surface area contributed by atoms with E-state index in [1.165, 1.54) is 6.07 Å². The second-order valence-electron chi connectivity index (χ2n) is 8.63. The molecule has 0 aliphatic carbocycles. The number of benzene rings is 2. The first kappa shape index (κ1) is 24.8. The van der Waals surface area contributed by atoms with E-state index in [1.54, 1.807) is 19.2 Å². The second kappa shape index (κ2) is 9.54. The summed E-state index contributed by atoms with van der Waals surface area (Å²) >= 11 is 0. The fourth-order valence-corrected chi connectivity index (χ4v) is 4.82. The molecule has 0 saturated carbocycles. The van der Waals surface area contributed by atoms with E-state index in [9.17, 15) is 22.0 Å². The molecule has 1 heterocycles. The molecule has 1 aliphatic rings. The Labute approximate surface area is 192 Å². The summed E-state index contributed by atoms with van der Waals surface area (Å²) in [7, 11) is -2.19. The summed E-state index contributed by atoms with van der Waals surface area (Å²) in [5.41, 5.74) is 0.339. The average Bonchev–Trinajstić information content (AvgIpc) is 2.71. The number of sulfonamides is 1. The van der Waals surface area contributed by atoms with Gasteiger partial charge in [-0.1, -0.05) is 0 Å². The minimum absolute atomic E-state index is 0.00543. The highest BCUT2D eigenvalue weighted by atomic mass is 32.2. The first-order valence-corrected chi connectivity index (χ1v) is 12.3. The fraction of sp³-hybridized carbons (Fsp3) is 0.435. The molecule has 2 aromatic rings. The lowest BCUT2D eigenvalue weighted by atomic mass is 9.89. The van der Waals surface area contributed by atoms with E-state index in [0.29, 0.717) is 17.9 Å². The Morgan fingerprint density at radius 1 is 1.21 bits per heavy atom. The van der Waals surface area contributed by atoms with Gasteiger partial charge in [0, 0.05) is 37.1 Å². The third-order valence-corrected chi connectivity index (χ3v) is 6.56. The predicted molar refractivity (Wildman–Crippen MR) is 121 cm³/mol. The molecule has 1 unspecified atom stereocenters. The van der Waals surface area contributed by atoms with Crippen LogP contribution < -0.4 is 19.1 Å². The quantitative estimate of drug-likeness (QED) is 0.616. The van der Waals surface area contributed by atoms with Gasteiger partial charge in [0.05, 0.1) is 25.1 Å². The van der Waals surface area contributed by atoms with Crippen molar-refractivity contribution in [1.82, 2.24) is 5.32 Å². The minimum atomic E-state index is -3.75. The zero-order valence-electron chi connectivity index (χ0n) is 19.0. The van der Waals surface area contributed by atoms with Crippen molar-refractivity contribution in [2.75, 3.05) is 24.2 Å². The van der Waals surface area contributed by atoms with E-state index in [2.05, 4.69) is 5.32 Å². The predicted octanol–water partition coefficient (Wildman–Crippen LogP) is 3.94. The van der Waals surface area contributed by atoms with Crippen molar-refractivity contribution in [2.24, 2.45) is 0 Å². The van der Waals surface area contributed by atoms with Crippen molar-refractivity contribution < 1.29 is 31.5 Å². The molecule has 7 nitrogen and oxygen atoms in total. The first-order valence-electron chi connectivity index (χ1n) is 10.5. The molecular formula is C23H28F2N2O5S. The Balaban J connectivity index is 1.66. The monoisotopic (exact) mass is 482 g/mol.